The van der Waals surface area contributed by atoms with E-state index in [9.17, 15) is 10.1 Å². The van der Waals surface area contributed by atoms with Gasteiger partial charge >= 0.3 is 29.6 Å². The fraction of sp³-hybridized carbons (Fsp3) is 0.357. The number of hydrogen-bond donors (Lipinski definition) is 2. The van der Waals surface area contributed by atoms with Crippen molar-refractivity contribution >= 4 is 46.8 Å². The zero-order valence-electron chi connectivity index (χ0n) is 11.9. The molecule has 1 saturated heterocycles. The van der Waals surface area contributed by atoms with Crippen molar-refractivity contribution in [3.8, 4) is 6.07 Å². The van der Waals surface area contributed by atoms with Crippen LogP contribution in [0.4, 0.5) is 11.4 Å². The van der Waals surface area contributed by atoms with E-state index in [4.69, 9.17) is 0 Å². The van der Waals surface area contributed by atoms with E-state index < -0.39 is 5.91 Å². The van der Waals surface area contributed by atoms with Crippen molar-refractivity contribution in [3.63, 3.8) is 0 Å². The minimum absolute atomic E-state index is 0. The average Bonchev–Trinajstić information content (AvgIpc) is 3.10. The van der Waals surface area contributed by atoms with E-state index in [0.29, 0.717) is 11.3 Å². The molecule has 114 valence electrons. The third kappa shape index (κ3) is 3.88. The molecule has 1 aromatic carbocycles. The predicted octanol–water partition coefficient (Wildman–Crippen LogP) is 0.665. The van der Waals surface area contributed by atoms with E-state index in [1.807, 2.05) is 12.1 Å². The molecule has 1 fully saturated rings. The van der Waals surface area contributed by atoms with Gasteiger partial charge in [-0.25, -0.2) is 5.10 Å². The average molecular weight is 321 g/mol. The van der Waals surface area contributed by atoms with Crippen molar-refractivity contribution < 1.29 is 4.79 Å². The fourth-order valence-corrected chi connectivity index (χ4v) is 2.60. The van der Waals surface area contributed by atoms with Crippen molar-refractivity contribution in [3.05, 3.63) is 29.6 Å². The van der Waals surface area contributed by atoms with Gasteiger partial charge in [-0.05, 0) is 41.8 Å². The molecule has 8 nitrogen and oxygen atoms in total. The maximum absolute atomic E-state index is 12.0. The van der Waals surface area contributed by atoms with Crippen LogP contribution in [0.15, 0.2) is 18.2 Å². The van der Waals surface area contributed by atoms with Crippen LogP contribution >= 0.6 is 0 Å². The Hall–Kier alpha value is -1.95. The number of aromatic amines is 1. The molecule has 1 amide bonds. The molecule has 0 radical (unpaired) electrons. The van der Waals surface area contributed by atoms with Crippen LogP contribution in [0.3, 0.4) is 0 Å². The number of benzene rings is 1. The van der Waals surface area contributed by atoms with Gasteiger partial charge in [-0.15, -0.1) is 5.10 Å². The van der Waals surface area contributed by atoms with Gasteiger partial charge in [0.1, 0.15) is 6.07 Å². The number of anilines is 2. The summed E-state index contributed by atoms with van der Waals surface area (Å²) in [6, 6.07) is 7.64. The summed E-state index contributed by atoms with van der Waals surface area (Å²) in [6.45, 7) is 1.86. The quantitative estimate of drug-likeness (QED) is 0.804. The Balaban J connectivity index is 0.00000192. The summed E-state index contributed by atoms with van der Waals surface area (Å²) in [5.74, 6) is -0.468. The van der Waals surface area contributed by atoms with Gasteiger partial charge in [-0.3, -0.25) is 4.79 Å². The molecule has 1 aliphatic rings. The van der Waals surface area contributed by atoms with Crippen molar-refractivity contribution in [2.75, 3.05) is 23.3 Å². The van der Waals surface area contributed by atoms with Crippen LogP contribution in [0.2, 0.25) is 0 Å². The number of nitriles is 1. The number of piperidine rings is 1. The van der Waals surface area contributed by atoms with Gasteiger partial charge < -0.3 is 10.2 Å². The first-order valence-electron chi connectivity index (χ1n) is 7.13. The van der Waals surface area contributed by atoms with Gasteiger partial charge in [0.15, 0.2) is 0 Å². The molecule has 0 saturated carbocycles. The second-order valence-electron chi connectivity index (χ2n) is 5.06. The molecule has 2 aromatic rings. The molecule has 2 heterocycles. The number of amides is 1. The van der Waals surface area contributed by atoms with Crippen LogP contribution in [-0.2, 0) is 0 Å². The Morgan fingerprint density at radius 2 is 2.09 bits per heavy atom. The maximum atomic E-state index is 12.0. The number of H-pyrrole nitrogens is 1. The second kappa shape index (κ2) is 8.06. The molecule has 0 unspecified atom stereocenters. The predicted molar refractivity (Wildman–Crippen MR) is 86.5 cm³/mol. The number of aromatic nitrogens is 4. The number of hydrogen-bond acceptors (Lipinski definition) is 6. The Labute approximate surface area is 155 Å². The van der Waals surface area contributed by atoms with Crippen LogP contribution in [-0.4, -0.2) is 69.2 Å². The zero-order chi connectivity index (χ0) is 15.4. The molecule has 0 spiro atoms. The zero-order valence-corrected chi connectivity index (χ0v) is 11.9. The van der Waals surface area contributed by atoms with Gasteiger partial charge in [0.05, 0.1) is 16.9 Å². The van der Waals surface area contributed by atoms with Gasteiger partial charge in [0.2, 0.25) is 5.82 Å². The Morgan fingerprint density at radius 3 is 2.74 bits per heavy atom. The van der Waals surface area contributed by atoms with Crippen LogP contribution < -0.4 is 10.2 Å². The van der Waals surface area contributed by atoms with Crippen LogP contribution in [0, 0.1) is 11.3 Å². The molecule has 0 aliphatic carbocycles. The number of nitrogens with one attached hydrogen (secondary N) is 2. The molecule has 1 aliphatic heterocycles. The molecular formula is C14H16N7NaO. The van der Waals surface area contributed by atoms with E-state index >= 15 is 0 Å². The minimum atomic E-state index is -0.475. The number of carbonyl (C=O) groups excluding carboxylic acids is 1. The summed E-state index contributed by atoms with van der Waals surface area (Å²) in [6.07, 6.45) is 3.45. The SMILES string of the molecule is N#Cc1c(NC(=O)c2nnn[nH]2)cccc1N1CCCCC1.[NaH]. The number of carbonyl (C=O) groups is 1. The number of nitrogens with zero attached hydrogens (tertiary/aromatic N) is 5. The van der Waals surface area contributed by atoms with E-state index in [0.717, 1.165) is 31.6 Å². The summed E-state index contributed by atoms with van der Waals surface area (Å²) in [5, 5.41) is 24.9. The van der Waals surface area contributed by atoms with Gasteiger partial charge in [0.25, 0.3) is 5.91 Å². The molecule has 0 bridgehead atoms. The molecule has 9 heteroatoms. The Morgan fingerprint density at radius 1 is 1.30 bits per heavy atom. The normalized spacial score (nSPS) is 13.8. The van der Waals surface area contributed by atoms with Crippen LogP contribution in [0.25, 0.3) is 0 Å². The van der Waals surface area contributed by atoms with Crippen LogP contribution in [0.5, 0.6) is 0 Å². The second-order valence-corrected chi connectivity index (χ2v) is 5.06. The van der Waals surface area contributed by atoms with Gasteiger partial charge in [-0.2, -0.15) is 5.26 Å². The summed E-state index contributed by atoms with van der Waals surface area (Å²) in [4.78, 5) is 14.2. The van der Waals surface area contributed by atoms with E-state index in [-0.39, 0.29) is 35.4 Å². The summed E-state index contributed by atoms with van der Waals surface area (Å²) in [7, 11) is 0. The van der Waals surface area contributed by atoms with E-state index in [1.165, 1.54) is 6.42 Å². The summed E-state index contributed by atoms with van der Waals surface area (Å²) >= 11 is 0. The fourth-order valence-electron chi connectivity index (χ4n) is 2.60. The topological polar surface area (TPSA) is 111 Å². The van der Waals surface area contributed by atoms with Gasteiger partial charge in [-0.1, -0.05) is 6.07 Å². The van der Waals surface area contributed by atoms with E-state index in [1.54, 1.807) is 6.07 Å². The molecule has 2 N–H and O–H groups in total. The molecule has 3 rings (SSSR count). The first kappa shape index (κ1) is 17.4. The number of tetrazole rings is 1. The van der Waals surface area contributed by atoms with Crippen molar-refractivity contribution in [2.45, 2.75) is 19.3 Å². The summed E-state index contributed by atoms with van der Waals surface area (Å²) < 4.78 is 0. The molecule has 1 aromatic heterocycles. The molecule has 0 atom stereocenters. The number of rotatable bonds is 3. The molecule has 23 heavy (non-hydrogen) atoms. The first-order chi connectivity index (χ1) is 10.8. The van der Waals surface area contributed by atoms with Gasteiger partial charge in [0, 0.05) is 13.1 Å². The summed E-state index contributed by atoms with van der Waals surface area (Å²) in [5.41, 5.74) is 1.79. The van der Waals surface area contributed by atoms with Crippen molar-refractivity contribution in [2.24, 2.45) is 0 Å². The third-order valence-corrected chi connectivity index (χ3v) is 3.66. The third-order valence-electron chi connectivity index (χ3n) is 3.66. The van der Waals surface area contributed by atoms with E-state index in [2.05, 4.69) is 36.9 Å². The molecular weight excluding hydrogens is 305 g/mol. The van der Waals surface area contributed by atoms with Crippen molar-refractivity contribution in [1.82, 2.24) is 20.6 Å². The van der Waals surface area contributed by atoms with Crippen molar-refractivity contribution in [1.29, 1.82) is 5.26 Å². The first-order valence-corrected chi connectivity index (χ1v) is 7.13. The standard InChI is InChI=1S/C14H15N7O.Na.H/c15-9-10-11(16-14(22)13-17-19-20-18-13)5-4-6-12(10)21-7-2-1-3-8-21;;/h4-6H,1-3,7-8H2,(H,16,22)(H,17,18,19,20);;. The monoisotopic (exact) mass is 321 g/mol. The Kier molecular flexibility index (Phi) is 6.10. The Bertz CT molecular complexity index is 704. The van der Waals surface area contributed by atoms with Crippen LogP contribution in [0.1, 0.15) is 35.4 Å².